The van der Waals surface area contributed by atoms with Crippen molar-refractivity contribution in [1.82, 2.24) is 9.80 Å². The standard InChI is InChI=1S/C20H20Cl2N4O4/c21-14-6-7-17(18(12-14)26(29)30)23-19(27)13-24-8-3-9-25(11-10-24)20(28)15-4-1-2-5-16(15)22/h1-2,4-7,12H,3,8-11,13H2,(H,23,27). The van der Waals surface area contributed by atoms with Crippen LogP contribution in [0.25, 0.3) is 0 Å². The van der Waals surface area contributed by atoms with Gasteiger partial charge in [-0.2, -0.15) is 0 Å². The molecule has 8 nitrogen and oxygen atoms in total. The van der Waals surface area contributed by atoms with Crippen LogP contribution in [0.1, 0.15) is 16.8 Å². The number of rotatable bonds is 5. The molecule has 0 atom stereocenters. The van der Waals surface area contributed by atoms with Gasteiger partial charge in [0, 0.05) is 37.3 Å². The molecule has 0 aliphatic carbocycles. The molecule has 158 valence electrons. The minimum absolute atomic E-state index is 0.0634. The number of nitrogens with zero attached hydrogens (tertiary/aromatic N) is 3. The Morgan fingerprint density at radius 2 is 1.83 bits per heavy atom. The summed E-state index contributed by atoms with van der Waals surface area (Å²) in [6, 6.07) is 11.0. The number of nitro groups is 1. The van der Waals surface area contributed by atoms with Gasteiger partial charge in [0.05, 0.1) is 22.1 Å². The second kappa shape index (κ2) is 9.88. The molecule has 0 radical (unpaired) electrons. The van der Waals surface area contributed by atoms with E-state index in [9.17, 15) is 19.7 Å². The molecule has 1 saturated heterocycles. The minimum atomic E-state index is -0.592. The molecule has 30 heavy (non-hydrogen) atoms. The molecule has 10 heteroatoms. The molecular formula is C20H20Cl2N4O4. The van der Waals surface area contributed by atoms with E-state index in [1.54, 1.807) is 29.2 Å². The van der Waals surface area contributed by atoms with Crippen molar-refractivity contribution >= 4 is 46.4 Å². The summed E-state index contributed by atoms with van der Waals surface area (Å²) in [6.07, 6.45) is 0.699. The number of hydrogen-bond donors (Lipinski definition) is 1. The lowest BCUT2D eigenvalue weighted by Gasteiger charge is -2.22. The zero-order valence-electron chi connectivity index (χ0n) is 16.0. The molecule has 2 aromatic carbocycles. The number of anilines is 1. The maximum atomic E-state index is 12.7. The molecule has 1 aliphatic heterocycles. The second-order valence-electron chi connectivity index (χ2n) is 6.87. The normalized spacial score (nSPS) is 14.8. The third-order valence-corrected chi connectivity index (χ3v) is 5.34. The predicted octanol–water partition coefficient (Wildman–Crippen LogP) is 3.69. The molecular weight excluding hydrogens is 431 g/mol. The molecule has 0 spiro atoms. The fourth-order valence-corrected chi connectivity index (χ4v) is 3.67. The van der Waals surface area contributed by atoms with Crippen LogP contribution in [0.5, 0.6) is 0 Å². The van der Waals surface area contributed by atoms with Crippen LogP contribution in [0.3, 0.4) is 0 Å². The Hall–Kier alpha value is -2.68. The van der Waals surface area contributed by atoms with Crippen LogP contribution >= 0.6 is 23.2 Å². The summed E-state index contributed by atoms with van der Waals surface area (Å²) in [5, 5.41) is 14.4. The Morgan fingerprint density at radius 1 is 1.07 bits per heavy atom. The van der Waals surface area contributed by atoms with Crippen molar-refractivity contribution in [2.24, 2.45) is 0 Å². The summed E-state index contributed by atoms with van der Waals surface area (Å²) in [5.41, 5.74) is 0.295. The summed E-state index contributed by atoms with van der Waals surface area (Å²) in [4.78, 5) is 39.4. The van der Waals surface area contributed by atoms with Crippen LogP contribution in [0.15, 0.2) is 42.5 Å². The molecule has 0 bridgehead atoms. The number of carbonyl (C=O) groups is 2. The molecule has 1 heterocycles. The average Bonchev–Trinajstić information content (AvgIpc) is 2.94. The molecule has 2 aromatic rings. The maximum Gasteiger partial charge on any atom is 0.294 e. The van der Waals surface area contributed by atoms with Gasteiger partial charge in [0.15, 0.2) is 0 Å². The number of nitro benzene ring substituents is 1. The molecule has 1 fully saturated rings. The fraction of sp³-hybridized carbons (Fsp3) is 0.300. The van der Waals surface area contributed by atoms with E-state index in [-0.39, 0.29) is 34.8 Å². The number of benzene rings is 2. The highest BCUT2D eigenvalue weighted by molar-refractivity contribution is 6.33. The van der Waals surface area contributed by atoms with Crippen molar-refractivity contribution in [1.29, 1.82) is 0 Å². The highest BCUT2D eigenvalue weighted by atomic mass is 35.5. The third-order valence-electron chi connectivity index (χ3n) is 4.78. The highest BCUT2D eigenvalue weighted by Gasteiger charge is 2.23. The lowest BCUT2D eigenvalue weighted by atomic mass is 10.2. The van der Waals surface area contributed by atoms with Gasteiger partial charge in [0.25, 0.3) is 11.6 Å². The minimum Gasteiger partial charge on any atom is -0.337 e. The summed E-state index contributed by atoms with van der Waals surface area (Å²) >= 11 is 11.9. The lowest BCUT2D eigenvalue weighted by Crippen LogP contribution is -2.38. The van der Waals surface area contributed by atoms with Crippen molar-refractivity contribution in [2.45, 2.75) is 6.42 Å². The smallest absolute Gasteiger partial charge is 0.294 e. The van der Waals surface area contributed by atoms with Crippen LogP contribution in [0.2, 0.25) is 10.0 Å². The molecule has 3 rings (SSSR count). The topological polar surface area (TPSA) is 95.8 Å². The Kier molecular flexibility index (Phi) is 7.25. The maximum absolute atomic E-state index is 12.7. The molecule has 0 saturated carbocycles. The second-order valence-corrected chi connectivity index (χ2v) is 7.71. The van der Waals surface area contributed by atoms with Crippen molar-refractivity contribution in [3.05, 3.63) is 68.2 Å². The first-order valence-corrected chi connectivity index (χ1v) is 10.1. The van der Waals surface area contributed by atoms with Gasteiger partial charge in [-0.05, 0) is 30.7 Å². The lowest BCUT2D eigenvalue weighted by molar-refractivity contribution is -0.383. The molecule has 0 aromatic heterocycles. The van der Waals surface area contributed by atoms with Gasteiger partial charge in [-0.1, -0.05) is 35.3 Å². The molecule has 0 unspecified atom stereocenters. The van der Waals surface area contributed by atoms with E-state index in [4.69, 9.17) is 23.2 Å². The Morgan fingerprint density at radius 3 is 2.57 bits per heavy atom. The van der Waals surface area contributed by atoms with Crippen LogP contribution in [-0.2, 0) is 4.79 Å². The van der Waals surface area contributed by atoms with E-state index in [0.29, 0.717) is 43.2 Å². The van der Waals surface area contributed by atoms with E-state index in [1.165, 1.54) is 18.2 Å². The van der Waals surface area contributed by atoms with Crippen LogP contribution < -0.4 is 5.32 Å². The van der Waals surface area contributed by atoms with E-state index in [2.05, 4.69) is 5.32 Å². The van der Waals surface area contributed by atoms with Crippen LogP contribution in [0, 0.1) is 10.1 Å². The van der Waals surface area contributed by atoms with Crippen molar-refractivity contribution in [2.75, 3.05) is 38.0 Å². The van der Waals surface area contributed by atoms with Crippen molar-refractivity contribution < 1.29 is 14.5 Å². The Bertz CT molecular complexity index is 970. The van der Waals surface area contributed by atoms with Gasteiger partial charge in [-0.3, -0.25) is 24.6 Å². The number of hydrogen-bond acceptors (Lipinski definition) is 5. The van der Waals surface area contributed by atoms with E-state index in [0.717, 1.165) is 0 Å². The summed E-state index contributed by atoms with van der Waals surface area (Å²) in [5.74, 6) is -0.505. The van der Waals surface area contributed by atoms with Crippen molar-refractivity contribution in [3.63, 3.8) is 0 Å². The summed E-state index contributed by atoms with van der Waals surface area (Å²) in [6.45, 7) is 2.21. The predicted molar refractivity (Wildman–Crippen MR) is 115 cm³/mol. The number of halogens is 2. The molecule has 2 amide bonds. The fourth-order valence-electron chi connectivity index (χ4n) is 3.29. The van der Waals surface area contributed by atoms with Gasteiger partial charge in [0.1, 0.15) is 5.69 Å². The number of carbonyl (C=O) groups excluding carboxylic acids is 2. The molecule has 1 aliphatic rings. The first kappa shape index (κ1) is 22.0. The van der Waals surface area contributed by atoms with Crippen LogP contribution in [0.4, 0.5) is 11.4 Å². The third kappa shape index (κ3) is 5.47. The van der Waals surface area contributed by atoms with Gasteiger partial charge in [-0.15, -0.1) is 0 Å². The number of nitrogens with one attached hydrogen (secondary N) is 1. The van der Waals surface area contributed by atoms with Gasteiger partial charge < -0.3 is 10.2 Å². The first-order valence-electron chi connectivity index (χ1n) is 9.35. The summed E-state index contributed by atoms with van der Waals surface area (Å²) < 4.78 is 0. The highest BCUT2D eigenvalue weighted by Crippen LogP contribution is 2.27. The van der Waals surface area contributed by atoms with Crippen LogP contribution in [-0.4, -0.2) is 59.3 Å². The first-order chi connectivity index (χ1) is 14.3. The SMILES string of the molecule is O=C(CN1CCCN(C(=O)c2ccccc2Cl)CC1)Nc1ccc(Cl)cc1[N+](=O)[O-]. The largest absolute Gasteiger partial charge is 0.337 e. The van der Waals surface area contributed by atoms with E-state index >= 15 is 0 Å². The van der Waals surface area contributed by atoms with Gasteiger partial charge >= 0.3 is 0 Å². The molecule has 1 N–H and O–H groups in total. The zero-order valence-corrected chi connectivity index (χ0v) is 17.5. The Balaban J connectivity index is 1.59. The van der Waals surface area contributed by atoms with Gasteiger partial charge in [0.2, 0.25) is 5.91 Å². The average molecular weight is 451 g/mol. The quantitative estimate of drug-likeness (QED) is 0.553. The van der Waals surface area contributed by atoms with Crippen molar-refractivity contribution in [3.8, 4) is 0 Å². The van der Waals surface area contributed by atoms with Gasteiger partial charge in [-0.25, -0.2) is 0 Å². The number of amides is 2. The van der Waals surface area contributed by atoms with E-state index < -0.39 is 4.92 Å². The summed E-state index contributed by atoms with van der Waals surface area (Å²) in [7, 11) is 0. The Labute approximate surface area is 183 Å². The monoisotopic (exact) mass is 450 g/mol. The zero-order chi connectivity index (χ0) is 21.7. The van der Waals surface area contributed by atoms with E-state index in [1.807, 2.05) is 4.90 Å².